The number of ether oxygens (including phenoxy) is 1. The van der Waals surface area contributed by atoms with Crippen molar-refractivity contribution in [2.75, 3.05) is 14.2 Å². The van der Waals surface area contributed by atoms with E-state index in [1.807, 2.05) is 19.1 Å². The van der Waals surface area contributed by atoms with Gasteiger partial charge in [0.1, 0.15) is 11.6 Å². The van der Waals surface area contributed by atoms with Crippen molar-refractivity contribution in [1.82, 2.24) is 14.7 Å². The van der Waals surface area contributed by atoms with Gasteiger partial charge in [-0.25, -0.2) is 4.39 Å². The van der Waals surface area contributed by atoms with Crippen LogP contribution in [0.2, 0.25) is 0 Å². The van der Waals surface area contributed by atoms with E-state index in [0.29, 0.717) is 18.6 Å². The van der Waals surface area contributed by atoms with E-state index in [-0.39, 0.29) is 11.1 Å². The molecule has 0 saturated heterocycles. The summed E-state index contributed by atoms with van der Waals surface area (Å²) in [6.45, 7) is 2.59. The predicted molar refractivity (Wildman–Crippen MR) is 100 cm³/mol. The highest BCUT2D eigenvalue weighted by Crippen LogP contribution is 2.15. The Balaban J connectivity index is 1.96. The molecule has 0 aliphatic rings. The number of carbonyl (C=O) groups excluding carboxylic acids is 1. The maximum absolute atomic E-state index is 13.6. The van der Waals surface area contributed by atoms with Crippen LogP contribution < -0.4 is 10.2 Å². The monoisotopic (exact) mass is 369 g/mol. The number of nitrogens with zero attached hydrogens (tertiary/aromatic N) is 3. The summed E-state index contributed by atoms with van der Waals surface area (Å²) in [5, 5.41) is 4.36. The van der Waals surface area contributed by atoms with Crippen molar-refractivity contribution in [3.05, 3.63) is 69.8 Å². The highest BCUT2D eigenvalue weighted by atomic mass is 19.1. The maximum atomic E-state index is 13.6. The highest BCUT2D eigenvalue weighted by Gasteiger charge is 2.21. The van der Waals surface area contributed by atoms with E-state index in [4.69, 9.17) is 4.74 Å². The van der Waals surface area contributed by atoms with Crippen molar-refractivity contribution in [2.24, 2.45) is 0 Å². The van der Waals surface area contributed by atoms with Gasteiger partial charge >= 0.3 is 0 Å². The number of aryl methyl sites for hydroxylation is 1. The smallest absolute Gasteiger partial charge is 0.278 e. The van der Waals surface area contributed by atoms with E-state index in [0.717, 1.165) is 17.4 Å². The quantitative estimate of drug-likeness (QED) is 0.694. The topological polar surface area (TPSA) is 64.4 Å². The number of methoxy groups -OCH3 is 1. The Labute approximate surface area is 155 Å². The Kier molecular flexibility index (Phi) is 5.21. The molecule has 0 bridgehead atoms. The van der Waals surface area contributed by atoms with E-state index in [2.05, 4.69) is 5.10 Å². The number of amides is 1. The van der Waals surface area contributed by atoms with E-state index < -0.39 is 17.2 Å². The summed E-state index contributed by atoms with van der Waals surface area (Å²) >= 11 is 0. The van der Waals surface area contributed by atoms with Gasteiger partial charge in [0.05, 0.1) is 18.0 Å². The summed E-state index contributed by atoms with van der Waals surface area (Å²) < 4.78 is 20.3. The third kappa shape index (κ3) is 3.67. The molecular weight excluding hydrogens is 349 g/mol. The fourth-order valence-corrected chi connectivity index (χ4v) is 2.90. The molecule has 1 amide bonds. The first-order valence-corrected chi connectivity index (χ1v) is 8.53. The first-order valence-electron chi connectivity index (χ1n) is 8.53. The van der Waals surface area contributed by atoms with Crippen LogP contribution in [-0.4, -0.2) is 34.7 Å². The molecule has 0 fully saturated rings. The summed E-state index contributed by atoms with van der Waals surface area (Å²) in [6, 6.07) is 11.2. The minimum atomic E-state index is -0.569. The molecule has 0 aliphatic carbocycles. The summed E-state index contributed by atoms with van der Waals surface area (Å²) in [4.78, 5) is 27.0. The van der Waals surface area contributed by atoms with Gasteiger partial charge in [-0.1, -0.05) is 12.1 Å². The van der Waals surface area contributed by atoms with E-state index in [9.17, 15) is 14.0 Å². The maximum Gasteiger partial charge on any atom is 0.278 e. The van der Waals surface area contributed by atoms with E-state index >= 15 is 0 Å². The molecule has 0 unspecified atom stereocenters. The molecule has 0 radical (unpaired) electrons. The van der Waals surface area contributed by atoms with Gasteiger partial charge in [-0.3, -0.25) is 14.3 Å². The van der Waals surface area contributed by atoms with Crippen LogP contribution in [0.3, 0.4) is 0 Å². The van der Waals surface area contributed by atoms with Gasteiger partial charge in [-0.2, -0.15) is 5.10 Å². The van der Waals surface area contributed by atoms with E-state index in [1.165, 1.54) is 21.7 Å². The Bertz CT molecular complexity index is 1040. The minimum absolute atomic E-state index is 0.146. The van der Waals surface area contributed by atoms with Gasteiger partial charge < -0.3 is 9.64 Å². The zero-order valence-electron chi connectivity index (χ0n) is 15.4. The summed E-state index contributed by atoms with van der Waals surface area (Å²) in [6.07, 6.45) is 0. The molecule has 1 aromatic heterocycles. The Morgan fingerprint density at radius 3 is 2.56 bits per heavy atom. The van der Waals surface area contributed by atoms with E-state index in [1.54, 1.807) is 26.3 Å². The van der Waals surface area contributed by atoms with Crippen molar-refractivity contribution in [1.29, 1.82) is 0 Å². The molecule has 0 N–H and O–H groups in total. The zero-order valence-corrected chi connectivity index (χ0v) is 15.4. The van der Waals surface area contributed by atoms with Crippen LogP contribution in [0.4, 0.5) is 4.39 Å². The SMILES string of the molecule is CCn1nc(C(=O)N(C)Cc2ccc(OC)cc2)c(=O)c2cc(F)ccc21. The highest BCUT2D eigenvalue weighted by molar-refractivity contribution is 5.95. The second-order valence-electron chi connectivity index (χ2n) is 6.16. The van der Waals surface area contributed by atoms with Crippen LogP contribution in [-0.2, 0) is 13.1 Å². The molecule has 140 valence electrons. The molecule has 0 atom stereocenters. The number of carbonyl (C=O) groups is 1. The summed E-state index contributed by atoms with van der Waals surface area (Å²) in [5.41, 5.74) is 0.597. The Hall–Kier alpha value is -3.22. The lowest BCUT2D eigenvalue weighted by atomic mass is 10.1. The van der Waals surface area contributed by atoms with Gasteiger partial charge in [0, 0.05) is 20.1 Å². The molecule has 6 nitrogen and oxygen atoms in total. The van der Waals surface area contributed by atoms with Crippen molar-refractivity contribution in [3.8, 4) is 5.75 Å². The van der Waals surface area contributed by atoms with Crippen molar-refractivity contribution < 1.29 is 13.9 Å². The fraction of sp³-hybridized carbons (Fsp3) is 0.250. The molecule has 0 aliphatic heterocycles. The Morgan fingerprint density at radius 1 is 1.22 bits per heavy atom. The molecular formula is C20H20FN3O3. The molecule has 2 aromatic carbocycles. The molecule has 7 heteroatoms. The van der Waals surface area contributed by atoms with Crippen molar-refractivity contribution in [2.45, 2.75) is 20.0 Å². The molecule has 3 aromatic rings. The third-order valence-corrected chi connectivity index (χ3v) is 4.34. The second-order valence-corrected chi connectivity index (χ2v) is 6.16. The number of hydrogen-bond donors (Lipinski definition) is 0. The summed E-state index contributed by atoms with van der Waals surface area (Å²) in [5.74, 6) is -0.320. The minimum Gasteiger partial charge on any atom is -0.497 e. The lowest BCUT2D eigenvalue weighted by molar-refractivity contribution is 0.0775. The Morgan fingerprint density at radius 2 is 1.93 bits per heavy atom. The molecule has 27 heavy (non-hydrogen) atoms. The number of halogens is 1. The normalized spacial score (nSPS) is 10.8. The third-order valence-electron chi connectivity index (χ3n) is 4.34. The zero-order chi connectivity index (χ0) is 19.6. The number of fused-ring (bicyclic) bond motifs is 1. The number of hydrogen-bond acceptors (Lipinski definition) is 4. The number of aromatic nitrogens is 2. The average Bonchev–Trinajstić information content (AvgIpc) is 2.68. The van der Waals surface area contributed by atoms with Gasteiger partial charge in [0.25, 0.3) is 5.91 Å². The van der Waals surface area contributed by atoms with Crippen LogP contribution in [0.15, 0.2) is 47.3 Å². The first kappa shape index (κ1) is 18.6. The van der Waals surface area contributed by atoms with Crippen LogP contribution in [0.25, 0.3) is 10.9 Å². The molecule has 0 spiro atoms. The van der Waals surface area contributed by atoms with Crippen LogP contribution in [0.1, 0.15) is 23.0 Å². The molecule has 0 saturated carbocycles. The lowest BCUT2D eigenvalue weighted by Crippen LogP contribution is -2.33. The van der Waals surface area contributed by atoms with Crippen molar-refractivity contribution in [3.63, 3.8) is 0 Å². The van der Waals surface area contributed by atoms with Crippen LogP contribution in [0.5, 0.6) is 5.75 Å². The van der Waals surface area contributed by atoms with Crippen LogP contribution >= 0.6 is 0 Å². The first-order chi connectivity index (χ1) is 12.9. The molecule has 1 heterocycles. The van der Waals surface area contributed by atoms with Gasteiger partial charge in [-0.05, 0) is 42.8 Å². The van der Waals surface area contributed by atoms with Crippen LogP contribution in [0, 0.1) is 5.82 Å². The second kappa shape index (κ2) is 7.57. The number of rotatable bonds is 5. The predicted octanol–water partition coefficient (Wildman–Crippen LogP) is 2.84. The van der Waals surface area contributed by atoms with Gasteiger partial charge in [0.2, 0.25) is 5.43 Å². The number of benzene rings is 2. The van der Waals surface area contributed by atoms with Gasteiger partial charge in [-0.15, -0.1) is 0 Å². The molecule has 3 rings (SSSR count). The lowest BCUT2D eigenvalue weighted by Gasteiger charge is -2.18. The largest absolute Gasteiger partial charge is 0.497 e. The average molecular weight is 369 g/mol. The standard InChI is InChI=1S/C20H20FN3O3/c1-4-24-17-10-7-14(21)11-16(17)19(25)18(22-24)20(26)23(2)12-13-5-8-15(27-3)9-6-13/h5-11H,4,12H2,1-3H3. The van der Waals surface area contributed by atoms with Gasteiger partial charge in [0.15, 0.2) is 5.69 Å². The summed E-state index contributed by atoms with van der Waals surface area (Å²) in [7, 11) is 3.18. The fourth-order valence-electron chi connectivity index (χ4n) is 2.90. The van der Waals surface area contributed by atoms with Crippen molar-refractivity contribution >= 4 is 16.8 Å².